The quantitative estimate of drug-likeness (QED) is 0.365. The number of halogens is 1. The largest absolute Gasteiger partial charge is 0.444 e. The van der Waals surface area contributed by atoms with E-state index in [-0.39, 0.29) is 5.82 Å². The average Bonchev–Trinajstić information content (AvgIpc) is 2.56. The number of nitrogens with one attached hydrogen (secondary N) is 3. The molecule has 0 atom stereocenters. The van der Waals surface area contributed by atoms with Gasteiger partial charge in [0.15, 0.2) is 5.96 Å². The van der Waals surface area contributed by atoms with E-state index in [2.05, 4.69) is 20.9 Å². The molecule has 8 heteroatoms. The number of carbonyl (C=O) groups excluding carboxylic acids is 1. The van der Waals surface area contributed by atoms with E-state index >= 15 is 0 Å². The summed E-state index contributed by atoms with van der Waals surface area (Å²) in [6.45, 7) is 7.12. The number of aliphatic imine (C=N–C) groups is 1. The first-order valence-electron chi connectivity index (χ1n) is 8.54. The van der Waals surface area contributed by atoms with Gasteiger partial charge in [0.1, 0.15) is 11.4 Å². The van der Waals surface area contributed by atoms with Crippen LogP contribution in [0, 0.1) is 5.82 Å². The zero-order chi connectivity index (χ0) is 19.4. The van der Waals surface area contributed by atoms with E-state index in [1.54, 1.807) is 30.9 Å². The highest BCUT2D eigenvalue weighted by atomic mass is 32.2. The van der Waals surface area contributed by atoms with Crippen molar-refractivity contribution in [1.82, 2.24) is 16.0 Å². The van der Waals surface area contributed by atoms with E-state index < -0.39 is 11.7 Å². The molecule has 0 unspecified atom stereocenters. The van der Waals surface area contributed by atoms with Crippen molar-refractivity contribution in [1.29, 1.82) is 0 Å². The number of thioether (sulfide) groups is 1. The Labute approximate surface area is 159 Å². The van der Waals surface area contributed by atoms with Gasteiger partial charge in [0.05, 0.1) is 0 Å². The van der Waals surface area contributed by atoms with Crippen LogP contribution in [0.5, 0.6) is 0 Å². The third-order valence-corrected chi connectivity index (χ3v) is 4.07. The Morgan fingerprint density at radius 2 is 1.81 bits per heavy atom. The summed E-state index contributed by atoms with van der Waals surface area (Å²) in [6, 6.07) is 6.81. The van der Waals surface area contributed by atoms with Crippen molar-refractivity contribution in [3.63, 3.8) is 0 Å². The van der Waals surface area contributed by atoms with E-state index in [0.717, 1.165) is 5.75 Å². The van der Waals surface area contributed by atoms with Crippen LogP contribution in [-0.4, -0.2) is 50.1 Å². The maximum absolute atomic E-state index is 13.5. The Morgan fingerprint density at radius 1 is 1.15 bits per heavy atom. The molecule has 0 aliphatic carbocycles. The molecule has 0 aliphatic rings. The minimum Gasteiger partial charge on any atom is -0.444 e. The van der Waals surface area contributed by atoms with Crippen molar-refractivity contribution in [2.24, 2.45) is 4.99 Å². The van der Waals surface area contributed by atoms with E-state index in [1.807, 2.05) is 26.8 Å². The lowest BCUT2D eigenvalue weighted by Gasteiger charge is -2.19. The normalized spacial score (nSPS) is 11.8. The molecule has 1 rings (SSSR count). The lowest BCUT2D eigenvalue weighted by molar-refractivity contribution is 0.0529. The summed E-state index contributed by atoms with van der Waals surface area (Å²) in [7, 11) is 1.68. The first-order valence-corrected chi connectivity index (χ1v) is 9.70. The number of benzene rings is 1. The molecule has 6 nitrogen and oxygen atoms in total. The van der Waals surface area contributed by atoms with Crippen LogP contribution < -0.4 is 16.0 Å². The molecule has 1 aromatic carbocycles. The number of nitrogens with zero attached hydrogens (tertiary/aromatic N) is 1. The van der Waals surface area contributed by atoms with Gasteiger partial charge in [0.25, 0.3) is 0 Å². The molecule has 26 heavy (non-hydrogen) atoms. The second-order valence-corrected chi connectivity index (χ2v) is 7.60. The Hall–Kier alpha value is -1.96. The minimum atomic E-state index is -0.505. The van der Waals surface area contributed by atoms with Gasteiger partial charge in [0, 0.05) is 38.2 Å². The summed E-state index contributed by atoms with van der Waals surface area (Å²) in [5.41, 5.74) is 0.211. The molecule has 146 valence electrons. The van der Waals surface area contributed by atoms with Crippen molar-refractivity contribution < 1.29 is 13.9 Å². The smallest absolute Gasteiger partial charge is 0.407 e. The maximum Gasteiger partial charge on any atom is 0.407 e. The first-order chi connectivity index (χ1) is 12.3. The van der Waals surface area contributed by atoms with Crippen LogP contribution >= 0.6 is 11.8 Å². The van der Waals surface area contributed by atoms with Crippen LogP contribution in [-0.2, 0) is 10.5 Å². The van der Waals surface area contributed by atoms with Crippen molar-refractivity contribution in [2.75, 3.05) is 32.4 Å². The lowest BCUT2D eigenvalue weighted by atomic mass is 10.2. The van der Waals surface area contributed by atoms with Crippen molar-refractivity contribution in [2.45, 2.75) is 32.1 Å². The van der Waals surface area contributed by atoms with Crippen molar-refractivity contribution >= 4 is 23.8 Å². The number of ether oxygens (including phenoxy) is 1. The number of guanidine groups is 1. The minimum absolute atomic E-state index is 0.164. The SMILES string of the molecule is CN=C(NCCNC(=O)OC(C)(C)C)NCCSCc1ccccc1F. The van der Waals surface area contributed by atoms with Gasteiger partial charge in [-0.2, -0.15) is 11.8 Å². The van der Waals surface area contributed by atoms with Gasteiger partial charge >= 0.3 is 6.09 Å². The molecule has 0 aliphatic heterocycles. The van der Waals surface area contributed by atoms with Gasteiger partial charge in [-0.3, -0.25) is 4.99 Å². The summed E-state index contributed by atoms with van der Waals surface area (Å²) in [6.07, 6.45) is -0.438. The molecule has 0 radical (unpaired) electrons. The predicted octanol–water partition coefficient (Wildman–Crippen LogP) is 2.75. The Kier molecular flexibility index (Phi) is 9.87. The lowest BCUT2D eigenvalue weighted by Crippen LogP contribution is -2.43. The fourth-order valence-electron chi connectivity index (χ4n) is 1.92. The van der Waals surface area contributed by atoms with Crippen molar-refractivity contribution in [3.8, 4) is 0 Å². The predicted molar refractivity (Wildman–Crippen MR) is 106 cm³/mol. The molecular formula is C18H29FN4O2S. The molecule has 0 saturated carbocycles. The van der Waals surface area contributed by atoms with Gasteiger partial charge < -0.3 is 20.7 Å². The molecule has 0 aromatic heterocycles. The van der Waals surface area contributed by atoms with E-state index in [1.165, 1.54) is 6.07 Å². The Bertz CT molecular complexity index is 591. The summed E-state index contributed by atoms with van der Waals surface area (Å²) >= 11 is 1.65. The van der Waals surface area contributed by atoms with Crippen LogP contribution in [0.4, 0.5) is 9.18 Å². The second kappa shape index (κ2) is 11.6. The van der Waals surface area contributed by atoms with Crippen LogP contribution in [0.25, 0.3) is 0 Å². The first kappa shape index (κ1) is 22.1. The zero-order valence-corrected chi connectivity index (χ0v) is 16.7. The van der Waals surface area contributed by atoms with Gasteiger partial charge in [-0.25, -0.2) is 9.18 Å². The summed E-state index contributed by atoms with van der Waals surface area (Å²) in [4.78, 5) is 15.6. The highest BCUT2D eigenvalue weighted by molar-refractivity contribution is 7.98. The Morgan fingerprint density at radius 3 is 2.46 bits per heavy atom. The van der Waals surface area contributed by atoms with Gasteiger partial charge in [-0.1, -0.05) is 18.2 Å². The monoisotopic (exact) mass is 384 g/mol. The summed E-state index contributed by atoms with van der Waals surface area (Å²) in [5, 5.41) is 8.95. The third-order valence-electron chi connectivity index (χ3n) is 3.06. The number of carbonyl (C=O) groups is 1. The van der Waals surface area contributed by atoms with Gasteiger partial charge in [-0.05, 0) is 32.4 Å². The summed E-state index contributed by atoms with van der Waals surface area (Å²) < 4.78 is 18.7. The highest BCUT2D eigenvalue weighted by Crippen LogP contribution is 2.14. The van der Waals surface area contributed by atoms with E-state index in [9.17, 15) is 9.18 Å². The number of hydrogen-bond donors (Lipinski definition) is 3. The standard InChI is InChI=1S/C18H29FN4O2S/c1-18(2,3)25-17(24)23-10-9-21-16(20-4)22-11-12-26-13-14-7-5-6-8-15(14)19/h5-8H,9-13H2,1-4H3,(H,23,24)(H2,20,21,22). The zero-order valence-electron chi connectivity index (χ0n) is 15.9. The highest BCUT2D eigenvalue weighted by Gasteiger charge is 2.15. The second-order valence-electron chi connectivity index (χ2n) is 6.50. The Balaban J connectivity index is 2.12. The number of rotatable bonds is 8. The van der Waals surface area contributed by atoms with Crippen LogP contribution in [0.1, 0.15) is 26.3 Å². The number of amides is 1. The maximum atomic E-state index is 13.5. The molecule has 0 bridgehead atoms. The van der Waals surface area contributed by atoms with Crippen LogP contribution in [0.3, 0.4) is 0 Å². The number of hydrogen-bond acceptors (Lipinski definition) is 4. The topological polar surface area (TPSA) is 74.8 Å². The van der Waals surface area contributed by atoms with Gasteiger partial charge in [0.2, 0.25) is 0 Å². The van der Waals surface area contributed by atoms with Crippen LogP contribution in [0.15, 0.2) is 29.3 Å². The molecule has 0 fully saturated rings. The average molecular weight is 385 g/mol. The van der Waals surface area contributed by atoms with Gasteiger partial charge in [-0.15, -0.1) is 0 Å². The molecule has 0 heterocycles. The summed E-state index contributed by atoms with van der Waals surface area (Å²) in [5.74, 6) is 1.95. The fraction of sp³-hybridized carbons (Fsp3) is 0.556. The third kappa shape index (κ3) is 10.1. The molecule has 0 saturated heterocycles. The van der Waals surface area contributed by atoms with E-state index in [4.69, 9.17) is 4.74 Å². The van der Waals surface area contributed by atoms with Crippen molar-refractivity contribution in [3.05, 3.63) is 35.6 Å². The molecule has 1 amide bonds. The molecule has 3 N–H and O–H groups in total. The fourth-order valence-corrected chi connectivity index (χ4v) is 2.76. The number of alkyl carbamates (subject to hydrolysis) is 1. The van der Waals surface area contributed by atoms with E-state index in [0.29, 0.717) is 36.9 Å². The van der Waals surface area contributed by atoms with Crippen LogP contribution in [0.2, 0.25) is 0 Å². The molecular weight excluding hydrogens is 355 g/mol. The molecule has 1 aromatic rings. The molecule has 0 spiro atoms.